The van der Waals surface area contributed by atoms with Crippen molar-refractivity contribution in [2.45, 2.75) is 30.3 Å². The maximum Gasteiger partial charge on any atom is 0.109 e. The van der Waals surface area contributed by atoms with E-state index in [-0.39, 0.29) is 11.5 Å². The number of nitrogens with one attached hydrogen (secondary N) is 2. The summed E-state index contributed by atoms with van der Waals surface area (Å²) in [6.45, 7) is 0. The van der Waals surface area contributed by atoms with Crippen molar-refractivity contribution in [3.05, 3.63) is 60.2 Å². The molecule has 22 heavy (non-hydrogen) atoms. The van der Waals surface area contributed by atoms with Crippen LogP contribution >= 0.6 is 11.6 Å². The van der Waals surface area contributed by atoms with Crippen LogP contribution in [0.5, 0.6) is 0 Å². The Labute approximate surface area is 134 Å². The van der Waals surface area contributed by atoms with E-state index in [0.717, 1.165) is 30.1 Å². The summed E-state index contributed by atoms with van der Waals surface area (Å²) in [5, 5.41) is 3.48. The summed E-state index contributed by atoms with van der Waals surface area (Å²) in [4.78, 5) is 12.2. The predicted octanol–water partition coefficient (Wildman–Crippen LogP) is 3.68. The minimum atomic E-state index is -0.0485. The SMILES string of the molecule is ClC1CC(c2ncc3nccc-3[nH]2)CC(c2ccccc2)N1. The molecule has 1 aromatic carbocycles. The number of nitrogens with zero attached hydrogens (tertiary/aromatic N) is 2. The normalized spacial score (nSPS) is 25.4. The van der Waals surface area contributed by atoms with Crippen LogP contribution in [0, 0.1) is 0 Å². The molecule has 1 saturated heterocycles. The first-order chi connectivity index (χ1) is 10.8. The van der Waals surface area contributed by atoms with Crippen molar-refractivity contribution in [3.8, 4) is 11.4 Å². The Morgan fingerprint density at radius 2 is 1.91 bits per heavy atom. The molecule has 3 aliphatic rings. The number of H-pyrrole nitrogens is 1. The Kier molecular flexibility index (Phi) is 3.56. The molecular formula is C17H17ClN4. The Balaban J connectivity index is 1.63. The van der Waals surface area contributed by atoms with Gasteiger partial charge in [0.25, 0.3) is 0 Å². The smallest absolute Gasteiger partial charge is 0.109 e. The number of rotatable bonds is 2. The van der Waals surface area contributed by atoms with E-state index >= 15 is 0 Å². The first kappa shape index (κ1) is 13.7. The lowest BCUT2D eigenvalue weighted by molar-refractivity contribution is 0.338. The number of hydrogen-bond acceptors (Lipinski definition) is 3. The highest BCUT2D eigenvalue weighted by Crippen LogP contribution is 2.36. The van der Waals surface area contributed by atoms with Gasteiger partial charge < -0.3 is 4.98 Å². The summed E-state index contributed by atoms with van der Waals surface area (Å²) in [5.41, 5.74) is 3.16. The molecule has 0 spiro atoms. The van der Waals surface area contributed by atoms with Crippen molar-refractivity contribution >= 4 is 11.6 Å². The molecule has 0 aliphatic carbocycles. The fourth-order valence-electron chi connectivity index (χ4n) is 3.19. The third-order valence-corrected chi connectivity index (χ3v) is 4.61. The highest BCUT2D eigenvalue weighted by Gasteiger charge is 2.30. The quantitative estimate of drug-likeness (QED) is 0.560. The maximum atomic E-state index is 6.44. The lowest BCUT2D eigenvalue weighted by Crippen LogP contribution is -2.37. The summed E-state index contributed by atoms with van der Waals surface area (Å²) in [6, 6.07) is 12.7. The summed E-state index contributed by atoms with van der Waals surface area (Å²) in [6.07, 6.45) is 5.49. The zero-order valence-corrected chi connectivity index (χ0v) is 12.8. The third kappa shape index (κ3) is 2.60. The highest BCUT2D eigenvalue weighted by molar-refractivity contribution is 6.20. The molecule has 0 radical (unpaired) electrons. The molecule has 4 rings (SSSR count). The van der Waals surface area contributed by atoms with Gasteiger partial charge in [0.2, 0.25) is 0 Å². The van der Waals surface area contributed by atoms with Crippen LogP contribution in [0.1, 0.15) is 36.2 Å². The highest BCUT2D eigenvalue weighted by atomic mass is 35.5. The van der Waals surface area contributed by atoms with Crippen LogP contribution in [-0.4, -0.2) is 20.5 Å². The molecule has 0 bridgehead atoms. The maximum absolute atomic E-state index is 6.44. The van der Waals surface area contributed by atoms with Gasteiger partial charge in [0, 0.05) is 18.2 Å². The molecule has 3 unspecified atom stereocenters. The molecule has 5 heteroatoms. The van der Waals surface area contributed by atoms with Crippen molar-refractivity contribution in [2.75, 3.05) is 0 Å². The van der Waals surface area contributed by atoms with E-state index in [2.05, 4.69) is 44.5 Å². The van der Waals surface area contributed by atoms with Crippen molar-refractivity contribution in [3.63, 3.8) is 0 Å². The van der Waals surface area contributed by atoms with Gasteiger partial charge in [-0.15, -0.1) is 11.6 Å². The van der Waals surface area contributed by atoms with Crippen LogP contribution in [-0.2, 0) is 0 Å². The lowest BCUT2D eigenvalue weighted by Gasteiger charge is -2.33. The van der Waals surface area contributed by atoms with Crippen molar-refractivity contribution in [1.82, 2.24) is 20.3 Å². The van der Waals surface area contributed by atoms with E-state index in [0.29, 0.717) is 5.92 Å². The summed E-state index contributed by atoms with van der Waals surface area (Å²) in [5.74, 6) is 1.31. The fraction of sp³-hybridized carbons (Fsp3) is 0.294. The fourth-order valence-corrected chi connectivity index (χ4v) is 3.56. The average molecular weight is 313 g/mol. The van der Waals surface area contributed by atoms with E-state index in [1.807, 2.05) is 18.3 Å². The first-order valence-corrected chi connectivity index (χ1v) is 7.98. The molecule has 0 aromatic heterocycles. The molecule has 3 heterocycles. The average Bonchev–Trinajstić information content (AvgIpc) is 3.02. The first-order valence-electron chi connectivity index (χ1n) is 7.54. The van der Waals surface area contributed by atoms with Gasteiger partial charge in [0.1, 0.15) is 11.5 Å². The number of aromatic amines is 1. The van der Waals surface area contributed by atoms with Gasteiger partial charge in [-0.25, -0.2) is 4.98 Å². The third-order valence-electron chi connectivity index (χ3n) is 4.30. The van der Waals surface area contributed by atoms with Gasteiger partial charge >= 0.3 is 0 Å². The van der Waals surface area contributed by atoms with Crippen LogP contribution < -0.4 is 5.32 Å². The standard InChI is InChI=1S/C17H17ClN4/c18-16-9-12(8-14(21-16)11-4-2-1-3-5-11)17-20-10-15-13(22-17)6-7-19-15/h1-7,10,12,14,16,21H,8-9H2,(H,20,22). The zero-order chi connectivity index (χ0) is 14.9. The summed E-state index contributed by atoms with van der Waals surface area (Å²) >= 11 is 6.44. The Morgan fingerprint density at radius 1 is 1.05 bits per heavy atom. The number of benzene rings is 1. The number of fused-ring (bicyclic) bond motifs is 1. The van der Waals surface area contributed by atoms with Crippen molar-refractivity contribution < 1.29 is 0 Å². The topological polar surface area (TPSA) is 53.6 Å². The minimum absolute atomic E-state index is 0.0485. The number of aromatic nitrogens is 3. The Morgan fingerprint density at radius 3 is 2.77 bits per heavy atom. The largest absolute Gasteiger partial charge is 0.342 e. The monoisotopic (exact) mass is 312 g/mol. The number of halogens is 1. The molecular weight excluding hydrogens is 296 g/mol. The second kappa shape index (κ2) is 5.71. The molecule has 1 fully saturated rings. The summed E-state index contributed by atoms with van der Waals surface area (Å²) < 4.78 is 0. The zero-order valence-electron chi connectivity index (χ0n) is 12.0. The number of alkyl halides is 1. The Bertz CT molecular complexity index is 727. The van der Waals surface area contributed by atoms with Gasteiger partial charge in [-0.05, 0) is 24.5 Å². The van der Waals surface area contributed by atoms with Gasteiger partial charge in [-0.2, -0.15) is 0 Å². The number of hydrogen-bond donors (Lipinski definition) is 2. The van der Waals surface area contributed by atoms with Crippen molar-refractivity contribution in [2.24, 2.45) is 0 Å². The van der Waals surface area contributed by atoms with Crippen LogP contribution in [0.4, 0.5) is 0 Å². The molecule has 0 saturated carbocycles. The molecule has 1 aromatic rings. The van der Waals surface area contributed by atoms with Gasteiger partial charge in [0.15, 0.2) is 0 Å². The van der Waals surface area contributed by atoms with E-state index in [9.17, 15) is 0 Å². The van der Waals surface area contributed by atoms with E-state index in [1.165, 1.54) is 5.56 Å². The van der Waals surface area contributed by atoms with Gasteiger partial charge in [-0.3, -0.25) is 10.3 Å². The van der Waals surface area contributed by atoms with E-state index in [4.69, 9.17) is 11.6 Å². The molecule has 2 N–H and O–H groups in total. The lowest BCUT2D eigenvalue weighted by atomic mass is 9.88. The van der Waals surface area contributed by atoms with Gasteiger partial charge in [0.05, 0.1) is 17.4 Å². The van der Waals surface area contributed by atoms with Crippen LogP contribution in [0.25, 0.3) is 11.4 Å². The van der Waals surface area contributed by atoms with E-state index < -0.39 is 0 Å². The predicted molar refractivity (Wildman–Crippen MR) is 86.9 cm³/mol. The Hall–Kier alpha value is -1.91. The van der Waals surface area contributed by atoms with Crippen molar-refractivity contribution in [1.29, 1.82) is 0 Å². The van der Waals surface area contributed by atoms with Gasteiger partial charge in [-0.1, -0.05) is 30.3 Å². The summed E-state index contributed by atoms with van der Waals surface area (Å²) in [7, 11) is 0. The molecule has 112 valence electrons. The molecule has 3 aliphatic heterocycles. The molecule has 0 amide bonds. The van der Waals surface area contributed by atoms with Crippen LogP contribution in [0.2, 0.25) is 0 Å². The molecule has 3 atom stereocenters. The van der Waals surface area contributed by atoms with Crippen LogP contribution in [0.3, 0.4) is 0 Å². The van der Waals surface area contributed by atoms with Crippen LogP contribution in [0.15, 0.2) is 48.8 Å². The second-order valence-electron chi connectivity index (χ2n) is 5.78. The molecule has 4 nitrogen and oxygen atoms in total. The number of piperidine rings is 1. The minimum Gasteiger partial charge on any atom is -0.342 e. The van der Waals surface area contributed by atoms with E-state index in [1.54, 1.807) is 6.20 Å². The second-order valence-corrected chi connectivity index (χ2v) is 6.30.